The molecule has 3 rings (SSSR count). The number of aromatic nitrogens is 3. The molecule has 3 aromatic rings. The molecule has 0 unspecified atom stereocenters. The second-order valence-corrected chi connectivity index (χ2v) is 6.13. The monoisotopic (exact) mass is 323 g/mol. The van der Waals surface area contributed by atoms with Crippen LogP contribution in [0.5, 0.6) is 0 Å². The summed E-state index contributed by atoms with van der Waals surface area (Å²) in [4.78, 5) is 16.6. The average molecular weight is 323 g/mol. The molecule has 0 N–H and O–H groups in total. The van der Waals surface area contributed by atoms with Crippen LogP contribution in [0.1, 0.15) is 5.56 Å². The van der Waals surface area contributed by atoms with E-state index < -0.39 is 0 Å². The van der Waals surface area contributed by atoms with Gasteiger partial charge in [-0.2, -0.15) is 4.68 Å². The van der Waals surface area contributed by atoms with Crippen LogP contribution in [0.25, 0.3) is 10.9 Å². The predicted octanol–water partition coefficient (Wildman–Crippen LogP) is 1.95. The lowest BCUT2D eigenvalue weighted by molar-refractivity contribution is 0.236. The minimum atomic E-state index is -0.115. The van der Waals surface area contributed by atoms with Crippen LogP contribution in [0.15, 0.2) is 53.3 Å². The number of nitrogens with zero attached hydrogens (tertiary/aromatic N) is 5. The summed E-state index contributed by atoms with van der Waals surface area (Å²) >= 11 is 0. The van der Waals surface area contributed by atoms with Gasteiger partial charge in [0.2, 0.25) is 0 Å². The minimum Gasteiger partial charge on any atom is -0.378 e. The maximum atomic E-state index is 12.5. The van der Waals surface area contributed by atoms with Crippen molar-refractivity contribution in [3.05, 3.63) is 64.4 Å². The number of rotatable bonds is 5. The fourth-order valence-electron chi connectivity index (χ4n) is 2.61. The Morgan fingerprint density at radius 1 is 1.00 bits per heavy atom. The highest BCUT2D eigenvalue weighted by molar-refractivity contribution is 5.76. The van der Waals surface area contributed by atoms with E-state index in [1.54, 1.807) is 12.1 Å². The molecule has 0 bridgehead atoms. The van der Waals surface area contributed by atoms with E-state index >= 15 is 0 Å². The van der Waals surface area contributed by atoms with Crippen LogP contribution in [0.3, 0.4) is 0 Å². The molecule has 0 atom stereocenters. The summed E-state index contributed by atoms with van der Waals surface area (Å²) in [5.41, 5.74) is 2.86. The molecule has 0 aliphatic heterocycles. The molecule has 0 spiro atoms. The van der Waals surface area contributed by atoms with Gasteiger partial charge >= 0.3 is 0 Å². The first-order valence-corrected chi connectivity index (χ1v) is 7.82. The fraction of sp³-hybridized carbons (Fsp3) is 0.278. The van der Waals surface area contributed by atoms with Crippen molar-refractivity contribution in [2.75, 3.05) is 26.0 Å². The number of anilines is 1. The Hall–Kier alpha value is -2.73. The molecule has 0 aliphatic rings. The molecule has 1 heterocycles. The molecule has 24 heavy (non-hydrogen) atoms. The van der Waals surface area contributed by atoms with Crippen LogP contribution < -0.4 is 10.5 Å². The van der Waals surface area contributed by atoms with Crippen LogP contribution in [0.2, 0.25) is 0 Å². The molecular formula is C18H21N5O. The number of fused-ring (bicyclic) bond motifs is 1. The highest BCUT2D eigenvalue weighted by Crippen LogP contribution is 2.13. The molecule has 0 radical (unpaired) electrons. The van der Waals surface area contributed by atoms with Crippen LogP contribution >= 0.6 is 0 Å². The Morgan fingerprint density at radius 2 is 1.71 bits per heavy atom. The van der Waals surface area contributed by atoms with Crippen molar-refractivity contribution < 1.29 is 0 Å². The summed E-state index contributed by atoms with van der Waals surface area (Å²) in [6.07, 6.45) is 0. The first-order valence-electron chi connectivity index (χ1n) is 7.82. The SMILES string of the molecule is CN(Cc1ccc(N(C)C)cc1)Cn1nnc2ccccc2c1=O. The Bertz CT molecular complexity index is 886. The van der Waals surface area contributed by atoms with Crippen LogP contribution in [0, 0.1) is 0 Å². The average Bonchev–Trinajstić information content (AvgIpc) is 2.58. The summed E-state index contributed by atoms with van der Waals surface area (Å²) in [7, 11) is 6.00. The van der Waals surface area contributed by atoms with E-state index in [-0.39, 0.29) is 5.56 Å². The zero-order valence-corrected chi connectivity index (χ0v) is 14.2. The predicted molar refractivity (Wildman–Crippen MR) is 96.0 cm³/mol. The van der Waals surface area contributed by atoms with Gasteiger partial charge < -0.3 is 4.90 Å². The molecule has 2 aromatic carbocycles. The first kappa shape index (κ1) is 16.1. The third kappa shape index (κ3) is 3.44. The van der Waals surface area contributed by atoms with E-state index in [4.69, 9.17) is 0 Å². The summed E-state index contributed by atoms with van der Waals surface area (Å²) in [6.45, 7) is 1.13. The number of hydrogen-bond donors (Lipinski definition) is 0. The molecule has 0 saturated carbocycles. The Kier molecular flexibility index (Phi) is 4.57. The molecule has 124 valence electrons. The smallest absolute Gasteiger partial charge is 0.278 e. The Morgan fingerprint density at radius 3 is 2.42 bits per heavy atom. The molecule has 0 saturated heterocycles. The number of benzene rings is 2. The van der Waals surface area contributed by atoms with Crippen molar-refractivity contribution in [1.82, 2.24) is 19.9 Å². The van der Waals surface area contributed by atoms with Gasteiger partial charge in [0.15, 0.2) is 0 Å². The van der Waals surface area contributed by atoms with Crippen LogP contribution in [-0.2, 0) is 13.2 Å². The normalized spacial score (nSPS) is 11.2. The molecule has 0 aliphatic carbocycles. The van der Waals surface area contributed by atoms with Gasteiger partial charge in [-0.05, 0) is 36.9 Å². The topological polar surface area (TPSA) is 54.3 Å². The standard InChI is InChI=1S/C18H21N5O/c1-21(2)15-10-8-14(9-11-15)12-22(3)13-23-18(24)16-6-4-5-7-17(16)19-20-23/h4-11H,12-13H2,1-3H3. The summed E-state index contributed by atoms with van der Waals surface area (Å²) in [5, 5.41) is 8.74. The van der Waals surface area contributed by atoms with Crippen molar-refractivity contribution in [2.45, 2.75) is 13.2 Å². The fourth-order valence-corrected chi connectivity index (χ4v) is 2.61. The van der Waals surface area contributed by atoms with E-state index in [1.165, 1.54) is 10.2 Å². The Balaban J connectivity index is 1.74. The van der Waals surface area contributed by atoms with Gasteiger partial charge in [0.1, 0.15) is 5.52 Å². The second-order valence-electron chi connectivity index (χ2n) is 6.13. The Labute approximate surface area is 140 Å². The van der Waals surface area contributed by atoms with E-state index in [2.05, 4.69) is 39.5 Å². The highest BCUT2D eigenvalue weighted by Gasteiger charge is 2.08. The van der Waals surface area contributed by atoms with Gasteiger partial charge in [-0.3, -0.25) is 9.69 Å². The zero-order chi connectivity index (χ0) is 17.1. The zero-order valence-electron chi connectivity index (χ0n) is 14.2. The van der Waals surface area contributed by atoms with Crippen molar-refractivity contribution in [3.63, 3.8) is 0 Å². The van der Waals surface area contributed by atoms with Gasteiger partial charge in [-0.1, -0.05) is 29.5 Å². The third-order valence-corrected chi connectivity index (χ3v) is 3.91. The van der Waals surface area contributed by atoms with Gasteiger partial charge in [-0.25, -0.2) is 0 Å². The minimum absolute atomic E-state index is 0.115. The van der Waals surface area contributed by atoms with E-state index in [0.29, 0.717) is 17.6 Å². The maximum absolute atomic E-state index is 12.5. The lowest BCUT2D eigenvalue weighted by Crippen LogP contribution is -2.32. The van der Waals surface area contributed by atoms with E-state index in [0.717, 1.165) is 12.2 Å². The number of hydrogen-bond acceptors (Lipinski definition) is 5. The summed E-state index contributed by atoms with van der Waals surface area (Å²) in [6, 6.07) is 15.6. The summed E-state index contributed by atoms with van der Waals surface area (Å²) in [5.74, 6) is 0. The van der Waals surface area contributed by atoms with Gasteiger partial charge in [-0.15, -0.1) is 5.10 Å². The van der Waals surface area contributed by atoms with Gasteiger partial charge in [0.05, 0.1) is 12.1 Å². The molecular weight excluding hydrogens is 302 g/mol. The molecule has 6 nitrogen and oxygen atoms in total. The molecule has 6 heteroatoms. The van der Waals surface area contributed by atoms with Crippen molar-refractivity contribution >= 4 is 16.6 Å². The van der Waals surface area contributed by atoms with Gasteiger partial charge in [0, 0.05) is 26.3 Å². The van der Waals surface area contributed by atoms with Crippen molar-refractivity contribution in [1.29, 1.82) is 0 Å². The van der Waals surface area contributed by atoms with Crippen molar-refractivity contribution in [2.24, 2.45) is 0 Å². The maximum Gasteiger partial charge on any atom is 0.278 e. The van der Waals surface area contributed by atoms with Crippen LogP contribution in [-0.4, -0.2) is 41.0 Å². The quantitative estimate of drug-likeness (QED) is 0.718. The molecule has 0 fully saturated rings. The van der Waals surface area contributed by atoms with Crippen LogP contribution in [0.4, 0.5) is 5.69 Å². The van der Waals surface area contributed by atoms with Gasteiger partial charge in [0.25, 0.3) is 5.56 Å². The largest absolute Gasteiger partial charge is 0.378 e. The molecule has 0 amide bonds. The highest BCUT2D eigenvalue weighted by atomic mass is 16.1. The summed E-state index contributed by atoms with van der Waals surface area (Å²) < 4.78 is 1.40. The van der Waals surface area contributed by atoms with E-state index in [9.17, 15) is 4.79 Å². The second kappa shape index (κ2) is 6.80. The lowest BCUT2D eigenvalue weighted by Gasteiger charge is -2.18. The van der Waals surface area contributed by atoms with Crippen molar-refractivity contribution in [3.8, 4) is 0 Å². The lowest BCUT2D eigenvalue weighted by atomic mass is 10.2. The molecule has 1 aromatic heterocycles. The van der Waals surface area contributed by atoms with E-state index in [1.807, 2.05) is 38.2 Å². The first-order chi connectivity index (χ1) is 11.5. The third-order valence-electron chi connectivity index (χ3n) is 3.91.